The van der Waals surface area contributed by atoms with Crippen molar-refractivity contribution in [1.29, 1.82) is 0 Å². The number of para-hydroxylation sites is 2. The summed E-state index contributed by atoms with van der Waals surface area (Å²) in [6.45, 7) is 2.34. The minimum absolute atomic E-state index is 0.0432. The molecule has 0 bridgehead atoms. The van der Waals surface area contributed by atoms with E-state index >= 15 is 0 Å². The molecule has 2 aromatic rings. The van der Waals surface area contributed by atoms with Crippen molar-refractivity contribution >= 4 is 23.1 Å². The first-order valence-corrected chi connectivity index (χ1v) is 6.11. The summed E-state index contributed by atoms with van der Waals surface area (Å²) in [7, 11) is 0. The second-order valence-electron chi connectivity index (χ2n) is 4.39. The maximum Gasteiger partial charge on any atom is 0.244 e. The number of amides is 1. The predicted molar refractivity (Wildman–Crippen MR) is 72.3 cm³/mol. The maximum absolute atomic E-state index is 11.5. The molecule has 100 valence electrons. The molecule has 0 aliphatic carbocycles. The van der Waals surface area contributed by atoms with Crippen LogP contribution in [-0.4, -0.2) is 29.1 Å². The van der Waals surface area contributed by atoms with Gasteiger partial charge in [-0.05, 0) is 18.1 Å². The zero-order chi connectivity index (χ0) is 13.7. The van der Waals surface area contributed by atoms with Crippen LogP contribution in [0.4, 0.5) is 0 Å². The SMILES string of the molecule is CC(CO)CNC(=O)/C=C/c1nc2ccccc2o1. The van der Waals surface area contributed by atoms with E-state index in [0.717, 1.165) is 5.52 Å². The number of rotatable bonds is 5. The van der Waals surface area contributed by atoms with Gasteiger partial charge in [0.15, 0.2) is 5.58 Å². The maximum atomic E-state index is 11.5. The molecule has 1 aromatic heterocycles. The molecule has 19 heavy (non-hydrogen) atoms. The lowest BCUT2D eigenvalue weighted by Gasteiger charge is -2.06. The van der Waals surface area contributed by atoms with Crippen LogP contribution in [0.5, 0.6) is 0 Å². The topological polar surface area (TPSA) is 75.4 Å². The van der Waals surface area contributed by atoms with Crippen LogP contribution in [0.2, 0.25) is 0 Å². The fourth-order valence-corrected chi connectivity index (χ4v) is 1.51. The van der Waals surface area contributed by atoms with Gasteiger partial charge in [-0.15, -0.1) is 0 Å². The van der Waals surface area contributed by atoms with Crippen molar-refractivity contribution in [2.75, 3.05) is 13.2 Å². The van der Waals surface area contributed by atoms with Gasteiger partial charge >= 0.3 is 0 Å². The van der Waals surface area contributed by atoms with E-state index in [1.807, 2.05) is 31.2 Å². The van der Waals surface area contributed by atoms with Crippen LogP contribution in [0.25, 0.3) is 17.2 Å². The average molecular weight is 260 g/mol. The van der Waals surface area contributed by atoms with E-state index in [-0.39, 0.29) is 18.4 Å². The third-order valence-corrected chi connectivity index (χ3v) is 2.62. The number of oxazole rings is 1. The van der Waals surface area contributed by atoms with Crippen molar-refractivity contribution < 1.29 is 14.3 Å². The summed E-state index contributed by atoms with van der Waals surface area (Å²) in [5, 5.41) is 11.5. The monoisotopic (exact) mass is 260 g/mol. The molecule has 2 rings (SSSR count). The molecule has 1 atom stereocenters. The van der Waals surface area contributed by atoms with Gasteiger partial charge in [-0.3, -0.25) is 4.79 Å². The van der Waals surface area contributed by atoms with E-state index in [0.29, 0.717) is 18.0 Å². The zero-order valence-corrected chi connectivity index (χ0v) is 10.7. The lowest BCUT2D eigenvalue weighted by atomic mass is 10.2. The standard InChI is InChI=1S/C14H16N2O3/c1-10(9-17)8-15-13(18)6-7-14-16-11-4-2-3-5-12(11)19-14/h2-7,10,17H,8-9H2,1H3,(H,15,18)/b7-6+. The van der Waals surface area contributed by atoms with Crippen LogP contribution in [0.3, 0.4) is 0 Å². The lowest BCUT2D eigenvalue weighted by molar-refractivity contribution is -0.116. The number of carbonyl (C=O) groups is 1. The first kappa shape index (κ1) is 13.3. The Morgan fingerprint density at radius 1 is 1.53 bits per heavy atom. The van der Waals surface area contributed by atoms with Gasteiger partial charge in [-0.25, -0.2) is 4.98 Å². The highest BCUT2D eigenvalue weighted by Crippen LogP contribution is 2.15. The molecule has 5 nitrogen and oxygen atoms in total. The zero-order valence-electron chi connectivity index (χ0n) is 10.7. The molecule has 0 fully saturated rings. The highest BCUT2D eigenvalue weighted by Gasteiger charge is 2.04. The van der Waals surface area contributed by atoms with E-state index in [1.165, 1.54) is 12.2 Å². The van der Waals surface area contributed by atoms with Crippen LogP contribution >= 0.6 is 0 Å². The number of carbonyl (C=O) groups excluding carboxylic acids is 1. The van der Waals surface area contributed by atoms with E-state index in [2.05, 4.69) is 10.3 Å². The van der Waals surface area contributed by atoms with Gasteiger partial charge in [0.05, 0.1) is 0 Å². The summed E-state index contributed by atoms with van der Waals surface area (Å²) >= 11 is 0. The Balaban J connectivity index is 1.96. The predicted octanol–water partition coefficient (Wildman–Crippen LogP) is 1.59. The number of fused-ring (bicyclic) bond motifs is 1. The Bertz CT molecular complexity index is 556. The molecular formula is C14H16N2O3. The number of hydrogen-bond acceptors (Lipinski definition) is 4. The van der Waals surface area contributed by atoms with Crippen molar-refractivity contribution in [2.24, 2.45) is 5.92 Å². The smallest absolute Gasteiger partial charge is 0.244 e. The molecule has 1 heterocycles. The molecular weight excluding hydrogens is 244 g/mol. The van der Waals surface area contributed by atoms with E-state index in [1.54, 1.807) is 0 Å². The van der Waals surface area contributed by atoms with E-state index < -0.39 is 0 Å². The first-order chi connectivity index (χ1) is 9.19. The van der Waals surface area contributed by atoms with Crippen LogP contribution in [0.15, 0.2) is 34.8 Å². The van der Waals surface area contributed by atoms with Crippen molar-refractivity contribution in [3.8, 4) is 0 Å². The second kappa shape index (κ2) is 6.15. The molecule has 0 radical (unpaired) electrons. The first-order valence-electron chi connectivity index (χ1n) is 6.11. The molecule has 1 amide bonds. The summed E-state index contributed by atoms with van der Waals surface area (Å²) in [4.78, 5) is 15.7. The van der Waals surface area contributed by atoms with E-state index in [9.17, 15) is 4.79 Å². The highest BCUT2D eigenvalue weighted by atomic mass is 16.3. The van der Waals surface area contributed by atoms with Crippen molar-refractivity contribution in [1.82, 2.24) is 10.3 Å². The van der Waals surface area contributed by atoms with E-state index in [4.69, 9.17) is 9.52 Å². The number of benzene rings is 1. The Morgan fingerprint density at radius 2 is 2.32 bits per heavy atom. The van der Waals surface area contributed by atoms with Gasteiger partial charge < -0.3 is 14.8 Å². The largest absolute Gasteiger partial charge is 0.437 e. The van der Waals surface area contributed by atoms with Gasteiger partial charge in [0.1, 0.15) is 5.52 Å². The molecule has 5 heteroatoms. The van der Waals surface area contributed by atoms with Crippen LogP contribution in [0.1, 0.15) is 12.8 Å². The summed E-state index contributed by atoms with van der Waals surface area (Å²) in [5.74, 6) is 0.204. The molecule has 0 saturated heterocycles. The molecule has 0 saturated carbocycles. The van der Waals surface area contributed by atoms with Gasteiger partial charge in [-0.1, -0.05) is 19.1 Å². The minimum Gasteiger partial charge on any atom is -0.437 e. The number of aliphatic hydroxyl groups excluding tert-OH is 1. The fraction of sp³-hybridized carbons (Fsp3) is 0.286. The summed E-state index contributed by atoms with van der Waals surface area (Å²) < 4.78 is 5.45. The Morgan fingerprint density at radius 3 is 3.05 bits per heavy atom. The molecule has 1 unspecified atom stereocenters. The van der Waals surface area contributed by atoms with Crippen molar-refractivity contribution in [2.45, 2.75) is 6.92 Å². The number of aromatic nitrogens is 1. The Hall–Kier alpha value is -2.14. The van der Waals surface area contributed by atoms with Gasteiger partial charge in [0.2, 0.25) is 11.8 Å². The minimum atomic E-state index is -0.234. The van der Waals surface area contributed by atoms with Crippen LogP contribution < -0.4 is 5.32 Å². The lowest BCUT2D eigenvalue weighted by Crippen LogP contribution is -2.27. The van der Waals surface area contributed by atoms with Crippen LogP contribution in [-0.2, 0) is 4.79 Å². The normalized spacial score (nSPS) is 12.9. The Labute approximate surface area is 110 Å². The fourth-order valence-electron chi connectivity index (χ4n) is 1.51. The second-order valence-corrected chi connectivity index (χ2v) is 4.39. The van der Waals surface area contributed by atoms with Gasteiger partial charge in [0, 0.05) is 25.3 Å². The average Bonchev–Trinajstić information content (AvgIpc) is 2.85. The molecule has 1 aromatic carbocycles. The van der Waals surface area contributed by atoms with Gasteiger partial charge in [0.25, 0.3) is 0 Å². The summed E-state index contributed by atoms with van der Waals surface area (Å²) in [6.07, 6.45) is 2.90. The molecule has 0 aliphatic rings. The summed E-state index contributed by atoms with van der Waals surface area (Å²) in [6, 6.07) is 7.41. The molecule has 2 N–H and O–H groups in total. The number of aliphatic hydroxyl groups is 1. The molecule has 0 aliphatic heterocycles. The number of nitrogens with zero attached hydrogens (tertiary/aromatic N) is 1. The quantitative estimate of drug-likeness (QED) is 0.800. The Kier molecular flexibility index (Phi) is 4.30. The van der Waals surface area contributed by atoms with Crippen LogP contribution in [0, 0.1) is 5.92 Å². The highest BCUT2D eigenvalue weighted by molar-refractivity contribution is 5.91. The number of nitrogens with one attached hydrogen (secondary N) is 1. The summed E-state index contributed by atoms with van der Waals surface area (Å²) in [5.41, 5.74) is 1.45. The third kappa shape index (κ3) is 3.66. The van der Waals surface area contributed by atoms with Crippen molar-refractivity contribution in [3.05, 3.63) is 36.2 Å². The molecule has 0 spiro atoms. The van der Waals surface area contributed by atoms with Gasteiger partial charge in [-0.2, -0.15) is 0 Å². The third-order valence-electron chi connectivity index (χ3n) is 2.62. The number of hydrogen-bond donors (Lipinski definition) is 2. The van der Waals surface area contributed by atoms with Crippen molar-refractivity contribution in [3.63, 3.8) is 0 Å².